The zero-order valence-corrected chi connectivity index (χ0v) is 10.5. The van der Waals surface area contributed by atoms with Crippen LogP contribution in [0.4, 0.5) is 0 Å². The molecule has 15 heavy (non-hydrogen) atoms. The Labute approximate surface area is 98.4 Å². The predicted octanol–water partition coefficient (Wildman–Crippen LogP) is 1.67. The number of hydrogen-bond donors (Lipinski definition) is 2. The summed E-state index contributed by atoms with van der Waals surface area (Å²) in [6, 6.07) is 7.73. The van der Waals surface area contributed by atoms with Gasteiger partial charge in [0.1, 0.15) is 0 Å². The van der Waals surface area contributed by atoms with Gasteiger partial charge in [-0.05, 0) is 31.7 Å². The molecule has 1 atom stereocenters. The predicted molar refractivity (Wildman–Crippen MR) is 64.5 cm³/mol. The monoisotopic (exact) mass is 270 g/mol. The maximum Gasteiger partial charge on any atom is 0.237 e. The van der Waals surface area contributed by atoms with Gasteiger partial charge in [0.15, 0.2) is 0 Å². The Morgan fingerprint density at radius 2 is 2.27 bits per heavy atom. The lowest BCUT2D eigenvalue weighted by Gasteiger charge is -2.10. The van der Waals surface area contributed by atoms with Gasteiger partial charge in [-0.15, -0.1) is 0 Å². The molecule has 3 nitrogen and oxygen atoms in total. The number of rotatable bonds is 4. The molecule has 0 aliphatic heterocycles. The van der Waals surface area contributed by atoms with Crippen molar-refractivity contribution in [2.24, 2.45) is 0 Å². The molecule has 82 valence electrons. The lowest BCUT2D eigenvalue weighted by molar-refractivity contribution is -0.122. The number of carbonyl (C=O) groups excluding carboxylic acids is 1. The molecule has 1 amide bonds. The van der Waals surface area contributed by atoms with Crippen LogP contribution in [0, 0.1) is 0 Å². The van der Waals surface area contributed by atoms with E-state index in [0.29, 0.717) is 6.54 Å². The SMILES string of the molecule is CNC(C)C(=O)NCc1cccc(Br)c1. The van der Waals surface area contributed by atoms with Gasteiger partial charge in [0, 0.05) is 11.0 Å². The Bertz CT molecular complexity index is 341. The molecule has 0 saturated carbocycles. The van der Waals surface area contributed by atoms with Crippen molar-refractivity contribution in [3.63, 3.8) is 0 Å². The third-order valence-corrected chi connectivity index (χ3v) is 2.68. The van der Waals surface area contributed by atoms with Crippen LogP contribution in [0.2, 0.25) is 0 Å². The first-order valence-electron chi connectivity index (χ1n) is 4.83. The Balaban J connectivity index is 2.47. The zero-order valence-electron chi connectivity index (χ0n) is 8.88. The van der Waals surface area contributed by atoms with Crippen molar-refractivity contribution in [2.75, 3.05) is 7.05 Å². The minimum atomic E-state index is -0.155. The van der Waals surface area contributed by atoms with Crippen molar-refractivity contribution in [3.8, 4) is 0 Å². The molecule has 1 aromatic rings. The van der Waals surface area contributed by atoms with Crippen LogP contribution in [0.25, 0.3) is 0 Å². The first-order chi connectivity index (χ1) is 7.13. The average Bonchev–Trinajstić information content (AvgIpc) is 2.25. The lowest BCUT2D eigenvalue weighted by atomic mass is 10.2. The van der Waals surface area contributed by atoms with Gasteiger partial charge < -0.3 is 10.6 Å². The smallest absolute Gasteiger partial charge is 0.237 e. The van der Waals surface area contributed by atoms with Gasteiger partial charge in [0.05, 0.1) is 6.04 Å². The molecule has 0 aliphatic rings. The summed E-state index contributed by atoms with van der Waals surface area (Å²) in [6.07, 6.45) is 0. The zero-order chi connectivity index (χ0) is 11.3. The van der Waals surface area contributed by atoms with Gasteiger partial charge in [-0.1, -0.05) is 28.1 Å². The molecule has 0 radical (unpaired) electrons. The van der Waals surface area contributed by atoms with Crippen molar-refractivity contribution < 1.29 is 4.79 Å². The normalized spacial score (nSPS) is 12.2. The molecule has 2 N–H and O–H groups in total. The molecule has 0 aromatic heterocycles. The van der Waals surface area contributed by atoms with Gasteiger partial charge in [-0.3, -0.25) is 4.79 Å². The molecule has 1 aromatic carbocycles. The van der Waals surface area contributed by atoms with Gasteiger partial charge in [-0.25, -0.2) is 0 Å². The second-order valence-corrected chi connectivity index (χ2v) is 4.27. The maximum atomic E-state index is 11.4. The number of amides is 1. The Kier molecular flexibility index (Phi) is 4.78. The Morgan fingerprint density at radius 1 is 1.53 bits per heavy atom. The van der Waals surface area contributed by atoms with E-state index < -0.39 is 0 Å². The highest BCUT2D eigenvalue weighted by molar-refractivity contribution is 9.10. The second-order valence-electron chi connectivity index (χ2n) is 3.36. The van der Waals surface area contributed by atoms with E-state index in [-0.39, 0.29) is 11.9 Å². The Morgan fingerprint density at radius 3 is 2.87 bits per heavy atom. The van der Waals surface area contributed by atoms with E-state index in [4.69, 9.17) is 0 Å². The summed E-state index contributed by atoms with van der Waals surface area (Å²) in [5.41, 5.74) is 1.08. The van der Waals surface area contributed by atoms with Crippen LogP contribution in [-0.2, 0) is 11.3 Å². The summed E-state index contributed by atoms with van der Waals surface area (Å²) in [5.74, 6) is 0.0116. The van der Waals surface area contributed by atoms with Crippen molar-refractivity contribution in [1.82, 2.24) is 10.6 Å². The van der Waals surface area contributed by atoms with Crippen LogP contribution in [0.5, 0.6) is 0 Å². The van der Waals surface area contributed by atoms with Crippen LogP contribution in [0.3, 0.4) is 0 Å². The van der Waals surface area contributed by atoms with Crippen LogP contribution in [-0.4, -0.2) is 19.0 Å². The summed E-state index contributed by atoms with van der Waals surface area (Å²) >= 11 is 3.39. The lowest BCUT2D eigenvalue weighted by Crippen LogP contribution is -2.39. The number of likely N-dealkylation sites (N-methyl/N-ethyl adjacent to an activating group) is 1. The highest BCUT2D eigenvalue weighted by Crippen LogP contribution is 2.11. The van der Waals surface area contributed by atoms with Crippen molar-refractivity contribution in [1.29, 1.82) is 0 Å². The summed E-state index contributed by atoms with van der Waals surface area (Å²) in [6.45, 7) is 2.39. The Hall–Kier alpha value is -0.870. The summed E-state index contributed by atoms with van der Waals surface area (Å²) in [7, 11) is 1.77. The van der Waals surface area contributed by atoms with Crippen molar-refractivity contribution in [3.05, 3.63) is 34.3 Å². The fraction of sp³-hybridized carbons (Fsp3) is 0.364. The van der Waals surface area contributed by atoms with Gasteiger partial charge in [0.2, 0.25) is 5.91 Å². The van der Waals surface area contributed by atoms with Crippen molar-refractivity contribution in [2.45, 2.75) is 19.5 Å². The molecule has 1 unspecified atom stereocenters. The first kappa shape index (κ1) is 12.2. The number of hydrogen-bond acceptors (Lipinski definition) is 2. The van der Waals surface area contributed by atoms with E-state index in [9.17, 15) is 4.79 Å². The topological polar surface area (TPSA) is 41.1 Å². The quantitative estimate of drug-likeness (QED) is 0.874. The van der Waals surface area contributed by atoms with E-state index in [1.54, 1.807) is 7.05 Å². The largest absolute Gasteiger partial charge is 0.351 e. The number of halogens is 1. The number of carbonyl (C=O) groups is 1. The second kappa shape index (κ2) is 5.88. The molecule has 0 aliphatic carbocycles. The minimum absolute atomic E-state index is 0.0116. The van der Waals surface area contributed by atoms with E-state index in [0.717, 1.165) is 10.0 Å². The van der Waals surface area contributed by atoms with E-state index in [2.05, 4.69) is 26.6 Å². The standard InChI is InChI=1S/C11H15BrN2O/c1-8(13-2)11(15)14-7-9-4-3-5-10(12)6-9/h3-6,8,13H,7H2,1-2H3,(H,14,15). The van der Waals surface area contributed by atoms with E-state index in [1.165, 1.54) is 0 Å². The molecule has 1 rings (SSSR count). The molecule has 0 fully saturated rings. The first-order valence-corrected chi connectivity index (χ1v) is 5.62. The number of nitrogens with one attached hydrogen (secondary N) is 2. The highest BCUT2D eigenvalue weighted by Gasteiger charge is 2.08. The van der Waals surface area contributed by atoms with Gasteiger partial charge in [0.25, 0.3) is 0 Å². The maximum absolute atomic E-state index is 11.4. The highest BCUT2D eigenvalue weighted by atomic mass is 79.9. The number of benzene rings is 1. The minimum Gasteiger partial charge on any atom is -0.351 e. The molecule has 0 spiro atoms. The molecule has 4 heteroatoms. The van der Waals surface area contributed by atoms with Crippen LogP contribution in [0.15, 0.2) is 28.7 Å². The van der Waals surface area contributed by atoms with Crippen molar-refractivity contribution >= 4 is 21.8 Å². The van der Waals surface area contributed by atoms with E-state index in [1.807, 2.05) is 31.2 Å². The molecule has 0 heterocycles. The molecular weight excluding hydrogens is 256 g/mol. The fourth-order valence-corrected chi connectivity index (χ4v) is 1.57. The van der Waals surface area contributed by atoms with Gasteiger partial charge in [-0.2, -0.15) is 0 Å². The van der Waals surface area contributed by atoms with E-state index >= 15 is 0 Å². The molecular formula is C11H15BrN2O. The summed E-state index contributed by atoms with van der Waals surface area (Å²) < 4.78 is 1.02. The van der Waals surface area contributed by atoms with Crippen LogP contribution < -0.4 is 10.6 Å². The summed E-state index contributed by atoms with van der Waals surface area (Å²) in [4.78, 5) is 11.4. The third kappa shape index (κ3) is 4.01. The molecule has 0 bridgehead atoms. The van der Waals surface area contributed by atoms with Crippen LogP contribution in [0.1, 0.15) is 12.5 Å². The summed E-state index contributed by atoms with van der Waals surface area (Å²) in [5, 5.41) is 5.75. The van der Waals surface area contributed by atoms with Gasteiger partial charge >= 0.3 is 0 Å². The average molecular weight is 271 g/mol. The van der Waals surface area contributed by atoms with Crippen LogP contribution >= 0.6 is 15.9 Å². The fourth-order valence-electron chi connectivity index (χ4n) is 1.12. The third-order valence-electron chi connectivity index (χ3n) is 2.18. The molecule has 0 saturated heterocycles.